The van der Waals surface area contributed by atoms with Gasteiger partial charge in [-0.2, -0.15) is 0 Å². The average molecular weight is 213 g/mol. The smallest absolute Gasteiger partial charge is 0.0831 e. The Hall–Kier alpha value is -0.160. The van der Waals surface area contributed by atoms with Crippen molar-refractivity contribution in [2.75, 3.05) is 40.3 Å². The Morgan fingerprint density at radius 1 is 1.40 bits per heavy atom. The van der Waals surface area contributed by atoms with Crippen LogP contribution in [-0.2, 0) is 0 Å². The van der Waals surface area contributed by atoms with E-state index < -0.39 is 0 Å². The van der Waals surface area contributed by atoms with Crippen molar-refractivity contribution in [3.05, 3.63) is 0 Å². The van der Waals surface area contributed by atoms with Crippen molar-refractivity contribution in [3.8, 4) is 0 Å². The Bertz CT molecular complexity index is 210. The SMILES string of the molecule is CN(C)CC1CCCN1C1CNCC1O. The summed E-state index contributed by atoms with van der Waals surface area (Å²) in [5.74, 6) is 0. The van der Waals surface area contributed by atoms with Gasteiger partial charge in [-0.25, -0.2) is 0 Å². The van der Waals surface area contributed by atoms with Crippen LogP contribution in [-0.4, -0.2) is 73.4 Å². The molecule has 2 fully saturated rings. The van der Waals surface area contributed by atoms with Crippen LogP contribution < -0.4 is 5.32 Å². The summed E-state index contributed by atoms with van der Waals surface area (Å²) in [6, 6.07) is 0.983. The number of β-amino-alcohol motifs (C(OH)–C–C–N with tert-alkyl or cyclic N) is 1. The molecular formula is C11H23N3O. The summed E-state index contributed by atoms with van der Waals surface area (Å²) in [5, 5.41) is 13.2. The van der Waals surface area contributed by atoms with E-state index in [9.17, 15) is 5.11 Å². The minimum absolute atomic E-state index is 0.173. The molecule has 0 spiro atoms. The number of rotatable bonds is 3. The molecule has 3 atom stereocenters. The highest BCUT2D eigenvalue weighted by molar-refractivity contribution is 4.94. The van der Waals surface area contributed by atoms with E-state index in [2.05, 4.69) is 29.2 Å². The molecule has 3 unspecified atom stereocenters. The van der Waals surface area contributed by atoms with Crippen LogP contribution in [0, 0.1) is 0 Å². The molecule has 0 radical (unpaired) electrons. The van der Waals surface area contributed by atoms with Crippen molar-refractivity contribution in [1.29, 1.82) is 0 Å². The predicted molar refractivity (Wildman–Crippen MR) is 60.9 cm³/mol. The molecule has 2 N–H and O–H groups in total. The van der Waals surface area contributed by atoms with Gasteiger partial charge in [0.2, 0.25) is 0 Å². The molecule has 0 aromatic heterocycles. The maximum absolute atomic E-state index is 9.88. The number of aliphatic hydroxyl groups is 1. The highest BCUT2D eigenvalue weighted by Gasteiger charge is 2.36. The second-order valence-electron chi connectivity index (χ2n) is 5.09. The number of hydrogen-bond acceptors (Lipinski definition) is 4. The quantitative estimate of drug-likeness (QED) is 0.653. The van der Waals surface area contributed by atoms with Gasteiger partial charge in [-0.3, -0.25) is 4.90 Å². The normalized spacial score (nSPS) is 38.0. The lowest BCUT2D eigenvalue weighted by molar-refractivity contribution is 0.0674. The topological polar surface area (TPSA) is 38.7 Å². The molecule has 2 rings (SSSR count). The van der Waals surface area contributed by atoms with Crippen LogP contribution in [0.1, 0.15) is 12.8 Å². The first-order valence-electron chi connectivity index (χ1n) is 5.97. The van der Waals surface area contributed by atoms with Gasteiger partial charge in [0.1, 0.15) is 0 Å². The third-order valence-electron chi connectivity index (χ3n) is 3.58. The van der Waals surface area contributed by atoms with Crippen molar-refractivity contribution in [2.45, 2.75) is 31.0 Å². The Morgan fingerprint density at radius 3 is 2.80 bits per heavy atom. The van der Waals surface area contributed by atoms with E-state index in [1.807, 2.05) is 0 Å². The van der Waals surface area contributed by atoms with Crippen LogP contribution in [0.4, 0.5) is 0 Å². The number of hydrogen-bond donors (Lipinski definition) is 2. The minimum Gasteiger partial charge on any atom is -0.390 e. The minimum atomic E-state index is -0.173. The van der Waals surface area contributed by atoms with Gasteiger partial charge in [-0.05, 0) is 33.5 Å². The molecule has 0 aliphatic carbocycles. The molecule has 0 aromatic carbocycles. The first-order chi connectivity index (χ1) is 7.18. The summed E-state index contributed by atoms with van der Waals surface area (Å²) in [6.07, 6.45) is 2.39. The van der Waals surface area contributed by atoms with Crippen molar-refractivity contribution >= 4 is 0 Å². The van der Waals surface area contributed by atoms with E-state index >= 15 is 0 Å². The number of nitrogens with zero attached hydrogens (tertiary/aromatic N) is 2. The van der Waals surface area contributed by atoms with Gasteiger partial charge in [0.05, 0.1) is 6.10 Å². The molecule has 2 aliphatic heterocycles. The van der Waals surface area contributed by atoms with Crippen LogP contribution in [0.3, 0.4) is 0 Å². The van der Waals surface area contributed by atoms with Gasteiger partial charge < -0.3 is 15.3 Å². The average Bonchev–Trinajstić information content (AvgIpc) is 2.73. The van der Waals surface area contributed by atoms with E-state index in [-0.39, 0.29) is 6.10 Å². The van der Waals surface area contributed by atoms with Crippen LogP contribution in [0.15, 0.2) is 0 Å². The van der Waals surface area contributed by atoms with Crippen molar-refractivity contribution < 1.29 is 5.11 Å². The van der Waals surface area contributed by atoms with Gasteiger partial charge in [0.15, 0.2) is 0 Å². The Kier molecular flexibility index (Phi) is 3.61. The van der Waals surface area contributed by atoms with E-state index in [0.29, 0.717) is 12.1 Å². The number of likely N-dealkylation sites (N-methyl/N-ethyl adjacent to an activating group) is 1. The van der Waals surface area contributed by atoms with E-state index in [1.165, 1.54) is 12.8 Å². The lowest BCUT2D eigenvalue weighted by atomic mass is 10.1. The Labute approximate surface area is 92.2 Å². The molecule has 2 aliphatic rings. The fourth-order valence-corrected chi connectivity index (χ4v) is 2.90. The molecule has 0 aromatic rings. The van der Waals surface area contributed by atoms with Crippen molar-refractivity contribution in [3.63, 3.8) is 0 Å². The van der Waals surface area contributed by atoms with Gasteiger partial charge in [0.25, 0.3) is 0 Å². The summed E-state index contributed by atoms with van der Waals surface area (Å²) in [5.41, 5.74) is 0. The molecule has 88 valence electrons. The Balaban J connectivity index is 1.94. The molecule has 2 saturated heterocycles. The van der Waals surface area contributed by atoms with Crippen molar-refractivity contribution in [1.82, 2.24) is 15.1 Å². The molecule has 2 heterocycles. The third kappa shape index (κ3) is 2.50. The fourth-order valence-electron chi connectivity index (χ4n) is 2.90. The first kappa shape index (κ1) is 11.3. The lowest BCUT2D eigenvalue weighted by Gasteiger charge is -2.33. The van der Waals surface area contributed by atoms with Crippen LogP contribution in [0.25, 0.3) is 0 Å². The molecule has 0 amide bonds. The molecule has 15 heavy (non-hydrogen) atoms. The second-order valence-corrected chi connectivity index (χ2v) is 5.09. The fraction of sp³-hybridized carbons (Fsp3) is 1.00. The van der Waals surface area contributed by atoms with E-state index in [0.717, 1.165) is 26.2 Å². The number of aliphatic hydroxyl groups excluding tert-OH is 1. The van der Waals surface area contributed by atoms with Gasteiger partial charge in [-0.1, -0.05) is 0 Å². The zero-order valence-corrected chi connectivity index (χ0v) is 9.82. The summed E-state index contributed by atoms with van der Waals surface area (Å²) < 4.78 is 0. The maximum Gasteiger partial charge on any atom is 0.0831 e. The zero-order chi connectivity index (χ0) is 10.8. The molecule has 4 heteroatoms. The van der Waals surface area contributed by atoms with Gasteiger partial charge >= 0.3 is 0 Å². The largest absolute Gasteiger partial charge is 0.390 e. The van der Waals surface area contributed by atoms with Crippen LogP contribution in [0.5, 0.6) is 0 Å². The van der Waals surface area contributed by atoms with E-state index in [4.69, 9.17) is 0 Å². The number of likely N-dealkylation sites (tertiary alicyclic amines) is 1. The summed E-state index contributed by atoms with van der Waals surface area (Å²) >= 11 is 0. The third-order valence-corrected chi connectivity index (χ3v) is 3.58. The number of nitrogens with one attached hydrogen (secondary N) is 1. The van der Waals surface area contributed by atoms with Crippen molar-refractivity contribution in [2.24, 2.45) is 0 Å². The second kappa shape index (κ2) is 4.78. The highest BCUT2D eigenvalue weighted by atomic mass is 16.3. The first-order valence-corrected chi connectivity index (χ1v) is 5.97. The lowest BCUT2D eigenvalue weighted by Crippen LogP contribution is -2.48. The van der Waals surface area contributed by atoms with Gasteiger partial charge in [-0.15, -0.1) is 0 Å². The highest BCUT2D eigenvalue weighted by Crippen LogP contribution is 2.23. The molecular weight excluding hydrogens is 190 g/mol. The van der Waals surface area contributed by atoms with Crippen LogP contribution in [0.2, 0.25) is 0 Å². The standard InChI is InChI=1S/C11H23N3O/c1-13(2)8-9-4-3-5-14(9)10-6-12-7-11(10)15/h9-12,15H,3-8H2,1-2H3. The summed E-state index contributed by atoms with van der Waals surface area (Å²) in [6.45, 7) is 3.98. The van der Waals surface area contributed by atoms with Crippen LogP contribution >= 0.6 is 0 Å². The Morgan fingerprint density at radius 2 is 2.20 bits per heavy atom. The predicted octanol–water partition coefficient (Wildman–Crippen LogP) is -0.655. The van der Waals surface area contributed by atoms with Gasteiger partial charge in [0, 0.05) is 31.7 Å². The summed E-state index contributed by atoms with van der Waals surface area (Å²) in [4.78, 5) is 4.75. The molecule has 0 bridgehead atoms. The molecule has 0 saturated carbocycles. The van der Waals surface area contributed by atoms with E-state index in [1.54, 1.807) is 0 Å². The maximum atomic E-state index is 9.88. The molecule has 4 nitrogen and oxygen atoms in total. The zero-order valence-electron chi connectivity index (χ0n) is 9.82. The summed E-state index contributed by atoms with van der Waals surface area (Å²) in [7, 11) is 4.25. The monoisotopic (exact) mass is 213 g/mol.